The number of alkyl halides is 1. The topological polar surface area (TPSA) is 113 Å². The monoisotopic (exact) mass is 353 g/mol. The van der Waals surface area contributed by atoms with Gasteiger partial charge in [-0.25, -0.2) is 14.4 Å². The number of amides is 1. The lowest BCUT2D eigenvalue weighted by Gasteiger charge is -2.28. The van der Waals surface area contributed by atoms with Gasteiger partial charge >= 0.3 is 18.0 Å². The van der Waals surface area contributed by atoms with Crippen LogP contribution in [0, 0.1) is 0 Å². The van der Waals surface area contributed by atoms with Gasteiger partial charge in [0.15, 0.2) is 0 Å². The van der Waals surface area contributed by atoms with Crippen molar-refractivity contribution in [3.05, 3.63) is 0 Å². The molecule has 7 nitrogen and oxygen atoms in total. The number of carboxylic acid groups (broad SMARTS) is 2. The Morgan fingerprint density at radius 2 is 1.60 bits per heavy atom. The van der Waals surface area contributed by atoms with Crippen molar-refractivity contribution in [3.8, 4) is 0 Å². The molecule has 0 unspecified atom stereocenters. The summed E-state index contributed by atoms with van der Waals surface area (Å²) in [6, 6.07) is 0. The van der Waals surface area contributed by atoms with Gasteiger partial charge in [0.1, 0.15) is 5.60 Å². The van der Waals surface area contributed by atoms with Crippen LogP contribution in [0.1, 0.15) is 40.0 Å². The number of hydrogen-bond donors (Lipinski definition) is 3. The molecule has 0 saturated heterocycles. The smallest absolute Gasteiger partial charge is 0.409 e. The molecule has 8 heteroatoms. The van der Waals surface area contributed by atoms with Crippen LogP contribution >= 0.6 is 15.9 Å². The first-order valence-electron chi connectivity index (χ1n) is 6.09. The van der Waals surface area contributed by atoms with E-state index >= 15 is 0 Å². The maximum atomic E-state index is 11.6. The van der Waals surface area contributed by atoms with Crippen LogP contribution in [0.4, 0.5) is 4.79 Å². The van der Waals surface area contributed by atoms with Crippen LogP contribution in [0.15, 0.2) is 0 Å². The molecule has 0 atom stereocenters. The van der Waals surface area contributed by atoms with Gasteiger partial charge in [0.25, 0.3) is 0 Å². The Kier molecular flexibility index (Phi) is 6.98. The molecule has 0 spiro atoms. The third-order valence-corrected chi connectivity index (χ3v) is 2.94. The van der Waals surface area contributed by atoms with Crippen molar-refractivity contribution in [2.24, 2.45) is 0 Å². The Bertz CT molecular complexity index is 363. The van der Waals surface area contributed by atoms with E-state index in [2.05, 4.69) is 15.9 Å². The number of halogens is 1. The minimum Gasteiger partial charge on any atom is -0.479 e. The van der Waals surface area contributed by atoms with E-state index in [1.807, 2.05) is 5.32 Å². The molecule has 0 aliphatic carbocycles. The number of ether oxygens (including phenoxy) is 1. The first kappa shape index (κ1) is 18.7. The van der Waals surface area contributed by atoms with E-state index in [4.69, 9.17) is 4.74 Å². The van der Waals surface area contributed by atoms with Crippen molar-refractivity contribution >= 4 is 34.0 Å². The summed E-state index contributed by atoms with van der Waals surface area (Å²) in [6.07, 6.45) is -0.360. The van der Waals surface area contributed by atoms with E-state index < -0.39 is 29.2 Å². The van der Waals surface area contributed by atoms with Gasteiger partial charge in [0.2, 0.25) is 5.54 Å². The van der Waals surface area contributed by atoms with E-state index in [0.29, 0.717) is 18.2 Å². The molecule has 0 aromatic carbocycles. The Hall–Kier alpha value is -1.31. The van der Waals surface area contributed by atoms with E-state index in [1.54, 1.807) is 20.8 Å². The highest BCUT2D eigenvalue weighted by atomic mass is 79.9. The molecular formula is C12H20BrNO6. The standard InChI is InChI=1S/C12H20BrNO6/c1-11(2,3)20-10(19)14-12(8(15)16,9(17)18)6-4-5-7-13/h4-7H2,1-3H3,(H,14,19)(H,15,16)(H,17,18). The second-order valence-corrected chi connectivity index (χ2v) is 6.08. The second-order valence-electron chi connectivity index (χ2n) is 5.29. The maximum absolute atomic E-state index is 11.6. The zero-order valence-electron chi connectivity index (χ0n) is 11.7. The van der Waals surface area contributed by atoms with Crippen LogP contribution in [0.3, 0.4) is 0 Å². The zero-order chi connectivity index (χ0) is 16.0. The van der Waals surface area contributed by atoms with Gasteiger partial charge in [-0.15, -0.1) is 0 Å². The molecule has 1 amide bonds. The summed E-state index contributed by atoms with van der Waals surface area (Å²) >= 11 is 3.17. The molecule has 0 radical (unpaired) electrons. The highest BCUT2D eigenvalue weighted by Crippen LogP contribution is 2.18. The fourth-order valence-electron chi connectivity index (χ4n) is 1.44. The van der Waals surface area contributed by atoms with Crippen LogP contribution in [0.25, 0.3) is 0 Å². The molecule has 0 aromatic rings. The summed E-state index contributed by atoms with van der Waals surface area (Å²) in [5.74, 6) is -3.24. The van der Waals surface area contributed by atoms with Gasteiger partial charge in [0.05, 0.1) is 0 Å². The predicted molar refractivity (Wildman–Crippen MR) is 75.0 cm³/mol. The normalized spacial score (nSPS) is 11.8. The van der Waals surface area contributed by atoms with E-state index in [1.165, 1.54) is 0 Å². The summed E-state index contributed by atoms with van der Waals surface area (Å²) in [5, 5.41) is 20.9. The Morgan fingerprint density at radius 3 is 1.95 bits per heavy atom. The second kappa shape index (κ2) is 7.47. The number of unbranched alkanes of at least 4 members (excludes halogenated alkanes) is 1. The van der Waals surface area contributed by atoms with Crippen molar-refractivity contribution < 1.29 is 29.3 Å². The Labute approximate surface area is 125 Å². The number of alkyl carbamates (subject to hydrolysis) is 1. The van der Waals surface area contributed by atoms with Crippen LogP contribution in [-0.4, -0.2) is 44.7 Å². The Balaban J connectivity index is 5.06. The molecule has 0 aliphatic heterocycles. The van der Waals surface area contributed by atoms with E-state index in [9.17, 15) is 24.6 Å². The number of carboxylic acids is 2. The van der Waals surface area contributed by atoms with E-state index in [-0.39, 0.29) is 6.42 Å². The largest absolute Gasteiger partial charge is 0.479 e. The van der Waals surface area contributed by atoms with E-state index in [0.717, 1.165) is 0 Å². The number of nitrogens with one attached hydrogen (secondary N) is 1. The van der Waals surface area contributed by atoms with Gasteiger partial charge in [0, 0.05) is 5.33 Å². The molecule has 0 heterocycles. The lowest BCUT2D eigenvalue weighted by Crippen LogP contribution is -2.60. The molecule has 0 aliphatic rings. The number of carbonyl (C=O) groups is 3. The highest BCUT2D eigenvalue weighted by Gasteiger charge is 2.48. The third-order valence-electron chi connectivity index (χ3n) is 2.38. The number of rotatable bonds is 7. The first-order chi connectivity index (χ1) is 9.05. The molecule has 0 bridgehead atoms. The van der Waals surface area contributed by atoms with Crippen molar-refractivity contribution in [3.63, 3.8) is 0 Å². The number of aliphatic carboxylic acids is 2. The van der Waals surface area contributed by atoms with Crippen molar-refractivity contribution in [1.29, 1.82) is 0 Å². The number of hydrogen-bond acceptors (Lipinski definition) is 4. The summed E-state index contributed by atoms with van der Waals surface area (Å²) < 4.78 is 4.91. The summed E-state index contributed by atoms with van der Waals surface area (Å²) in [7, 11) is 0. The average molecular weight is 354 g/mol. The van der Waals surface area contributed by atoms with Crippen molar-refractivity contribution in [1.82, 2.24) is 5.32 Å². The van der Waals surface area contributed by atoms with Gasteiger partial charge < -0.3 is 14.9 Å². The molecule has 3 N–H and O–H groups in total. The van der Waals surface area contributed by atoms with Gasteiger partial charge in [-0.1, -0.05) is 15.9 Å². The first-order valence-corrected chi connectivity index (χ1v) is 7.21. The minimum absolute atomic E-state index is 0.220. The molecule has 20 heavy (non-hydrogen) atoms. The fourth-order valence-corrected chi connectivity index (χ4v) is 1.83. The summed E-state index contributed by atoms with van der Waals surface area (Å²) in [5.41, 5.74) is -3.22. The van der Waals surface area contributed by atoms with Gasteiger partial charge in [-0.3, -0.25) is 5.32 Å². The molecule has 0 saturated carbocycles. The summed E-state index contributed by atoms with van der Waals surface area (Å²) in [4.78, 5) is 34.2. The van der Waals surface area contributed by atoms with Gasteiger partial charge in [-0.05, 0) is 40.0 Å². The number of carbonyl (C=O) groups excluding carboxylic acids is 1. The van der Waals surface area contributed by atoms with Crippen LogP contribution in [0.5, 0.6) is 0 Å². The predicted octanol–water partition coefficient (Wildman–Crippen LogP) is 1.98. The molecule has 0 rings (SSSR count). The van der Waals surface area contributed by atoms with Crippen molar-refractivity contribution in [2.75, 3.05) is 5.33 Å². The third kappa shape index (κ3) is 5.77. The molecular weight excluding hydrogens is 334 g/mol. The molecule has 0 fully saturated rings. The SMILES string of the molecule is CC(C)(C)OC(=O)NC(CCCCBr)(C(=O)O)C(=O)O. The highest BCUT2D eigenvalue weighted by molar-refractivity contribution is 9.09. The quantitative estimate of drug-likeness (QED) is 0.366. The minimum atomic E-state index is -2.37. The van der Waals surface area contributed by atoms with Crippen molar-refractivity contribution in [2.45, 2.75) is 51.2 Å². The summed E-state index contributed by atoms with van der Waals surface area (Å²) in [6.45, 7) is 4.79. The maximum Gasteiger partial charge on any atom is 0.409 e. The lowest BCUT2D eigenvalue weighted by molar-refractivity contribution is -0.159. The average Bonchev–Trinajstić information content (AvgIpc) is 2.24. The lowest BCUT2D eigenvalue weighted by atomic mass is 9.93. The van der Waals surface area contributed by atoms with Crippen LogP contribution in [0.2, 0.25) is 0 Å². The zero-order valence-corrected chi connectivity index (χ0v) is 13.3. The van der Waals surface area contributed by atoms with Gasteiger partial charge in [-0.2, -0.15) is 0 Å². The molecule has 0 aromatic heterocycles. The fraction of sp³-hybridized carbons (Fsp3) is 0.750. The Morgan fingerprint density at radius 1 is 1.10 bits per heavy atom. The molecule has 116 valence electrons. The van der Waals surface area contributed by atoms with Crippen LogP contribution < -0.4 is 5.32 Å². The van der Waals surface area contributed by atoms with Crippen LogP contribution in [-0.2, 0) is 14.3 Å².